The van der Waals surface area contributed by atoms with E-state index in [-0.39, 0.29) is 0 Å². The van der Waals surface area contributed by atoms with Crippen molar-refractivity contribution in [3.05, 3.63) is 35.4 Å². The van der Waals surface area contributed by atoms with Crippen molar-refractivity contribution in [3.63, 3.8) is 0 Å². The van der Waals surface area contributed by atoms with Crippen molar-refractivity contribution in [2.75, 3.05) is 26.2 Å². The van der Waals surface area contributed by atoms with E-state index in [1.165, 1.54) is 56.4 Å². The molecule has 0 aliphatic carbocycles. The van der Waals surface area contributed by atoms with E-state index >= 15 is 0 Å². The van der Waals surface area contributed by atoms with Gasteiger partial charge in [0.25, 0.3) is 0 Å². The Morgan fingerprint density at radius 1 is 0.905 bits per heavy atom. The van der Waals surface area contributed by atoms with Crippen LogP contribution in [0.4, 0.5) is 0 Å². The first-order valence-corrected chi connectivity index (χ1v) is 8.51. The Hall–Kier alpha value is -0.900. The van der Waals surface area contributed by atoms with E-state index in [1.807, 2.05) is 0 Å². The van der Waals surface area contributed by atoms with E-state index < -0.39 is 0 Å². The van der Waals surface area contributed by atoms with Crippen LogP contribution >= 0.6 is 0 Å². The molecule has 3 N–H and O–H groups in total. The summed E-state index contributed by atoms with van der Waals surface area (Å²) in [5.74, 6) is 0. The normalized spacial score (nSPS) is 11.2. The molecule has 1 rings (SSSR count). The van der Waals surface area contributed by atoms with Crippen molar-refractivity contribution >= 4 is 0 Å². The molecule has 0 bridgehead atoms. The largest absolute Gasteiger partial charge is 0.326 e. The first-order valence-electron chi connectivity index (χ1n) is 8.51. The molecule has 0 atom stereocenters. The second-order valence-corrected chi connectivity index (χ2v) is 5.75. The predicted octanol–water partition coefficient (Wildman–Crippen LogP) is 3.14. The molecule has 120 valence electrons. The monoisotopic (exact) mass is 291 g/mol. The Bertz CT molecular complexity index is 342. The first kappa shape index (κ1) is 18.1. The number of benzene rings is 1. The summed E-state index contributed by atoms with van der Waals surface area (Å²) in [5.41, 5.74) is 8.14. The maximum absolute atomic E-state index is 5.60. The average molecular weight is 291 g/mol. The van der Waals surface area contributed by atoms with E-state index in [1.54, 1.807) is 0 Å². The summed E-state index contributed by atoms with van der Waals surface area (Å²) in [7, 11) is 0. The molecule has 0 saturated heterocycles. The maximum Gasteiger partial charge on any atom is 0.0205 e. The van der Waals surface area contributed by atoms with Gasteiger partial charge in [-0.1, -0.05) is 38.1 Å². The quantitative estimate of drug-likeness (QED) is 0.581. The van der Waals surface area contributed by atoms with Gasteiger partial charge in [-0.3, -0.25) is 0 Å². The highest BCUT2D eigenvalue weighted by Gasteiger charge is 2.01. The van der Waals surface area contributed by atoms with Gasteiger partial charge in [-0.2, -0.15) is 0 Å². The Balaban J connectivity index is 2.07. The van der Waals surface area contributed by atoms with Crippen LogP contribution in [0.1, 0.15) is 50.7 Å². The zero-order chi connectivity index (χ0) is 15.3. The van der Waals surface area contributed by atoms with Crippen LogP contribution in [0.3, 0.4) is 0 Å². The van der Waals surface area contributed by atoms with Crippen LogP contribution in [0.2, 0.25) is 0 Å². The lowest BCUT2D eigenvalue weighted by atomic mass is 10.1. The van der Waals surface area contributed by atoms with Gasteiger partial charge in [0.2, 0.25) is 0 Å². The maximum atomic E-state index is 5.60. The van der Waals surface area contributed by atoms with E-state index in [4.69, 9.17) is 5.73 Å². The van der Waals surface area contributed by atoms with Gasteiger partial charge >= 0.3 is 0 Å². The summed E-state index contributed by atoms with van der Waals surface area (Å²) < 4.78 is 0. The molecule has 0 amide bonds. The average Bonchev–Trinajstić information content (AvgIpc) is 2.51. The SMILES string of the molecule is CCCN(CCC)CCCCNCc1ccc(CN)cc1. The van der Waals surface area contributed by atoms with Crippen molar-refractivity contribution < 1.29 is 0 Å². The van der Waals surface area contributed by atoms with Crippen molar-refractivity contribution in [2.24, 2.45) is 5.73 Å². The lowest BCUT2D eigenvalue weighted by molar-refractivity contribution is 0.268. The van der Waals surface area contributed by atoms with Gasteiger partial charge in [0.05, 0.1) is 0 Å². The Labute approximate surface area is 130 Å². The number of nitrogens with zero attached hydrogens (tertiary/aromatic N) is 1. The predicted molar refractivity (Wildman–Crippen MR) is 92.3 cm³/mol. The third kappa shape index (κ3) is 8.20. The molecular weight excluding hydrogens is 258 g/mol. The molecule has 0 aliphatic rings. The molecule has 1 aromatic carbocycles. The Morgan fingerprint density at radius 3 is 2.10 bits per heavy atom. The highest BCUT2D eigenvalue weighted by Crippen LogP contribution is 2.03. The first-order chi connectivity index (χ1) is 10.3. The Morgan fingerprint density at radius 2 is 1.52 bits per heavy atom. The second kappa shape index (κ2) is 11.7. The fraction of sp³-hybridized carbons (Fsp3) is 0.667. The van der Waals surface area contributed by atoms with Crippen molar-refractivity contribution in [3.8, 4) is 0 Å². The molecule has 0 aliphatic heterocycles. The molecule has 3 nitrogen and oxygen atoms in total. The van der Waals surface area contributed by atoms with E-state index in [0.717, 1.165) is 13.1 Å². The number of unbranched alkanes of at least 4 members (excludes halogenated alkanes) is 1. The van der Waals surface area contributed by atoms with Crippen molar-refractivity contribution in [2.45, 2.75) is 52.6 Å². The number of hydrogen-bond acceptors (Lipinski definition) is 3. The number of nitrogens with one attached hydrogen (secondary N) is 1. The van der Waals surface area contributed by atoms with Gasteiger partial charge in [-0.25, -0.2) is 0 Å². The van der Waals surface area contributed by atoms with E-state index in [9.17, 15) is 0 Å². The molecule has 1 aromatic rings. The molecule has 0 fully saturated rings. The van der Waals surface area contributed by atoms with Gasteiger partial charge in [0, 0.05) is 13.1 Å². The Kier molecular flexibility index (Phi) is 10.1. The third-order valence-electron chi connectivity index (χ3n) is 3.75. The van der Waals surface area contributed by atoms with Gasteiger partial charge < -0.3 is 16.0 Å². The summed E-state index contributed by atoms with van der Waals surface area (Å²) >= 11 is 0. The molecule has 0 saturated carbocycles. The zero-order valence-electron chi connectivity index (χ0n) is 13.9. The van der Waals surface area contributed by atoms with Gasteiger partial charge in [0.1, 0.15) is 0 Å². The van der Waals surface area contributed by atoms with Crippen LogP contribution < -0.4 is 11.1 Å². The van der Waals surface area contributed by atoms with Crippen LogP contribution in [-0.4, -0.2) is 31.1 Å². The van der Waals surface area contributed by atoms with Crippen molar-refractivity contribution in [1.82, 2.24) is 10.2 Å². The number of nitrogens with two attached hydrogens (primary N) is 1. The summed E-state index contributed by atoms with van der Waals surface area (Å²) in [4.78, 5) is 2.59. The lowest BCUT2D eigenvalue weighted by Crippen LogP contribution is -2.27. The van der Waals surface area contributed by atoms with E-state index in [2.05, 4.69) is 48.3 Å². The highest BCUT2D eigenvalue weighted by atomic mass is 15.1. The third-order valence-corrected chi connectivity index (χ3v) is 3.75. The fourth-order valence-corrected chi connectivity index (χ4v) is 2.58. The molecule has 0 radical (unpaired) electrons. The minimum atomic E-state index is 0.625. The summed E-state index contributed by atoms with van der Waals surface area (Å²) in [6.07, 6.45) is 5.07. The summed E-state index contributed by atoms with van der Waals surface area (Å²) in [6.45, 7) is 10.9. The van der Waals surface area contributed by atoms with Crippen LogP contribution in [0.5, 0.6) is 0 Å². The molecule has 0 aromatic heterocycles. The van der Waals surface area contributed by atoms with E-state index in [0.29, 0.717) is 6.54 Å². The van der Waals surface area contributed by atoms with Gasteiger partial charge in [0.15, 0.2) is 0 Å². The highest BCUT2D eigenvalue weighted by molar-refractivity contribution is 5.22. The summed E-state index contributed by atoms with van der Waals surface area (Å²) in [6, 6.07) is 8.56. The molecule has 0 heterocycles. The molecule has 0 spiro atoms. The topological polar surface area (TPSA) is 41.3 Å². The second-order valence-electron chi connectivity index (χ2n) is 5.75. The standard InChI is InChI=1S/C18H33N3/c1-3-12-21(13-4-2)14-6-5-11-20-16-18-9-7-17(15-19)8-10-18/h7-10,20H,3-6,11-16,19H2,1-2H3. The summed E-state index contributed by atoms with van der Waals surface area (Å²) in [5, 5.41) is 3.53. The number of rotatable bonds is 12. The van der Waals surface area contributed by atoms with Crippen LogP contribution in [0.15, 0.2) is 24.3 Å². The number of hydrogen-bond donors (Lipinski definition) is 2. The van der Waals surface area contributed by atoms with Gasteiger partial charge in [-0.05, 0) is 63.0 Å². The molecular formula is C18H33N3. The van der Waals surface area contributed by atoms with Crippen LogP contribution in [0, 0.1) is 0 Å². The molecule has 0 unspecified atom stereocenters. The zero-order valence-corrected chi connectivity index (χ0v) is 13.9. The van der Waals surface area contributed by atoms with Crippen molar-refractivity contribution in [1.29, 1.82) is 0 Å². The van der Waals surface area contributed by atoms with Crippen LogP contribution in [0.25, 0.3) is 0 Å². The van der Waals surface area contributed by atoms with Gasteiger partial charge in [-0.15, -0.1) is 0 Å². The minimum absolute atomic E-state index is 0.625. The lowest BCUT2D eigenvalue weighted by Gasteiger charge is -2.20. The minimum Gasteiger partial charge on any atom is -0.326 e. The fourth-order valence-electron chi connectivity index (χ4n) is 2.58. The molecule has 21 heavy (non-hydrogen) atoms. The smallest absolute Gasteiger partial charge is 0.0205 e. The molecule has 3 heteroatoms. The van der Waals surface area contributed by atoms with Crippen LogP contribution in [-0.2, 0) is 13.1 Å².